The third kappa shape index (κ3) is 4.23. The molecule has 0 spiro atoms. The van der Waals surface area contributed by atoms with E-state index in [4.69, 9.17) is 4.74 Å². The zero-order chi connectivity index (χ0) is 18.6. The number of nitrogens with zero attached hydrogens (tertiary/aromatic N) is 2. The molecular weight excluding hydrogens is 338 g/mol. The lowest BCUT2D eigenvalue weighted by Crippen LogP contribution is -3.16. The van der Waals surface area contributed by atoms with Gasteiger partial charge in [0.05, 0.1) is 33.3 Å². The molecule has 3 fully saturated rings. The van der Waals surface area contributed by atoms with Gasteiger partial charge in [0.25, 0.3) is 5.91 Å². The minimum Gasteiger partial charge on any atom is -0.497 e. The lowest BCUT2D eigenvalue weighted by Gasteiger charge is -2.44. The van der Waals surface area contributed by atoms with Gasteiger partial charge in [0.1, 0.15) is 5.75 Å². The maximum atomic E-state index is 13.0. The summed E-state index contributed by atoms with van der Waals surface area (Å²) in [5, 5.41) is 0. The van der Waals surface area contributed by atoms with Crippen molar-refractivity contribution in [2.45, 2.75) is 44.6 Å². The Hall–Kier alpha value is -1.75. The van der Waals surface area contributed by atoms with Crippen LogP contribution >= 0.6 is 0 Å². The van der Waals surface area contributed by atoms with Gasteiger partial charge in [-0.3, -0.25) is 4.79 Å². The normalized spacial score (nSPS) is 26.6. The Morgan fingerprint density at radius 3 is 2.48 bits per heavy atom. The van der Waals surface area contributed by atoms with Gasteiger partial charge >= 0.3 is 0 Å². The van der Waals surface area contributed by atoms with Gasteiger partial charge in [0.2, 0.25) is 0 Å². The van der Waals surface area contributed by atoms with Crippen molar-refractivity contribution in [3.63, 3.8) is 0 Å². The Kier molecular flexibility index (Phi) is 5.86. The zero-order valence-electron chi connectivity index (χ0n) is 16.7. The number of likely N-dealkylation sites (tertiary alicyclic amines) is 1. The number of ether oxygens (including phenoxy) is 1. The van der Waals surface area contributed by atoms with Crippen molar-refractivity contribution in [1.29, 1.82) is 0 Å². The zero-order valence-corrected chi connectivity index (χ0v) is 16.7. The minimum atomic E-state index is 0.402. The molecular formula is C22H34N3O2+. The lowest BCUT2D eigenvalue weighted by atomic mass is 9.78. The van der Waals surface area contributed by atoms with E-state index in [1.165, 1.54) is 49.1 Å². The Balaban J connectivity index is 1.28. The average molecular weight is 373 g/mol. The molecule has 1 amide bonds. The molecule has 1 saturated carbocycles. The smallest absolute Gasteiger partial charge is 0.278 e. The highest BCUT2D eigenvalue weighted by atomic mass is 16.5. The summed E-state index contributed by atoms with van der Waals surface area (Å²) < 4.78 is 5.25. The number of methoxy groups -OCH3 is 1. The SMILES string of the molecule is COc1ccc(N2CC[NH+](CC(=O)N3CCC[C@@H]4CCCC[C@H]43)CC2)cc1. The molecule has 0 radical (unpaired) electrons. The van der Waals surface area contributed by atoms with Gasteiger partial charge in [-0.05, 0) is 55.9 Å². The van der Waals surface area contributed by atoms with Crippen LogP contribution in [0, 0.1) is 5.92 Å². The Morgan fingerprint density at radius 2 is 1.74 bits per heavy atom. The van der Waals surface area contributed by atoms with E-state index in [1.54, 1.807) is 7.11 Å². The van der Waals surface area contributed by atoms with Gasteiger partial charge in [-0.25, -0.2) is 0 Å². The third-order valence-electron chi connectivity index (χ3n) is 6.87. The Labute approximate surface area is 163 Å². The second-order valence-electron chi connectivity index (χ2n) is 8.45. The summed E-state index contributed by atoms with van der Waals surface area (Å²) in [7, 11) is 1.70. The summed E-state index contributed by atoms with van der Waals surface area (Å²) in [4.78, 5) is 19.1. The minimum absolute atomic E-state index is 0.402. The van der Waals surface area contributed by atoms with Crippen LogP contribution in [0.2, 0.25) is 0 Å². The fourth-order valence-corrected chi connectivity index (χ4v) is 5.30. The molecule has 2 aliphatic heterocycles. The summed E-state index contributed by atoms with van der Waals surface area (Å²) >= 11 is 0. The van der Waals surface area contributed by atoms with Gasteiger partial charge in [-0.1, -0.05) is 12.8 Å². The van der Waals surface area contributed by atoms with E-state index in [-0.39, 0.29) is 0 Å². The second-order valence-corrected chi connectivity index (χ2v) is 8.45. The molecule has 2 saturated heterocycles. The molecule has 1 aromatic rings. The average Bonchev–Trinajstić information content (AvgIpc) is 2.74. The number of carbonyl (C=O) groups is 1. The molecule has 27 heavy (non-hydrogen) atoms. The quantitative estimate of drug-likeness (QED) is 0.872. The maximum Gasteiger partial charge on any atom is 0.278 e. The Bertz CT molecular complexity index is 623. The summed E-state index contributed by atoms with van der Waals surface area (Å²) in [6.07, 6.45) is 7.77. The maximum absolute atomic E-state index is 13.0. The van der Waals surface area contributed by atoms with Gasteiger partial charge in [-0.15, -0.1) is 0 Å². The van der Waals surface area contributed by atoms with Gasteiger partial charge < -0.3 is 19.4 Å². The van der Waals surface area contributed by atoms with Crippen molar-refractivity contribution < 1.29 is 14.4 Å². The van der Waals surface area contributed by atoms with Crippen LogP contribution in [0.25, 0.3) is 0 Å². The number of anilines is 1. The predicted octanol–water partition coefficient (Wildman–Crippen LogP) is 1.58. The fraction of sp³-hybridized carbons (Fsp3) is 0.682. The van der Waals surface area contributed by atoms with Crippen LogP contribution < -0.4 is 14.5 Å². The highest BCUT2D eigenvalue weighted by Crippen LogP contribution is 2.35. The number of carbonyl (C=O) groups excluding carboxylic acids is 1. The molecule has 5 heteroatoms. The number of nitrogens with one attached hydrogen (secondary N) is 1. The summed E-state index contributed by atoms with van der Waals surface area (Å²) in [6, 6.07) is 8.85. The number of quaternary nitrogens is 1. The topological polar surface area (TPSA) is 37.2 Å². The molecule has 3 aliphatic rings. The first-order valence-electron chi connectivity index (χ1n) is 10.8. The summed E-state index contributed by atoms with van der Waals surface area (Å²) in [6.45, 7) is 5.78. The van der Waals surface area contributed by atoms with E-state index in [2.05, 4.69) is 21.9 Å². The molecule has 2 heterocycles. The largest absolute Gasteiger partial charge is 0.497 e. The molecule has 0 unspecified atom stereocenters. The van der Waals surface area contributed by atoms with Crippen molar-refractivity contribution >= 4 is 11.6 Å². The molecule has 4 rings (SSSR count). The molecule has 1 N–H and O–H groups in total. The van der Waals surface area contributed by atoms with Crippen molar-refractivity contribution in [3.05, 3.63) is 24.3 Å². The number of piperidine rings is 1. The second kappa shape index (κ2) is 8.51. The van der Waals surface area contributed by atoms with Gasteiger partial charge in [0, 0.05) is 18.3 Å². The van der Waals surface area contributed by atoms with E-state index in [0.29, 0.717) is 18.5 Å². The van der Waals surface area contributed by atoms with Crippen LogP contribution in [0.15, 0.2) is 24.3 Å². The molecule has 5 nitrogen and oxygen atoms in total. The first-order valence-corrected chi connectivity index (χ1v) is 10.8. The standard InChI is InChI=1S/C22H33N3O2/c1-27-20-10-8-19(9-11-20)24-15-13-23(14-16-24)17-22(26)25-12-4-6-18-5-2-3-7-21(18)25/h8-11,18,21H,2-7,12-17H2,1H3/p+1/t18-,21+/m0/s1. The first kappa shape index (κ1) is 18.6. The van der Waals surface area contributed by atoms with E-state index >= 15 is 0 Å². The van der Waals surface area contributed by atoms with Crippen LogP contribution in [0.3, 0.4) is 0 Å². The van der Waals surface area contributed by atoms with Crippen molar-refractivity contribution in [2.75, 3.05) is 51.3 Å². The van der Waals surface area contributed by atoms with Crippen LogP contribution in [-0.2, 0) is 4.79 Å². The summed E-state index contributed by atoms with van der Waals surface area (Å²) in [5.74, 6) is 2.08. The first-order chi connectivity index (χ1) is 13.2. The number of hydrogen-bond donors (Lipinski definition) is 1. The van der Waals surface area contributed by atoms with Crippen molar-refractivity contribution in [2.24, 2.45) is 5.92 Å². The van der Waals surface area contributed by atoms with E-state index in [0.717, 1.165) is 44.4 Å². The monoisotopic (exact) mass is 372 g/mol. The van der Waals surface area contributed by atoms with Crippen molar-refractivity contribution in [1.82, 2.24) is 4.90 Å². The lowest BCUT2D eigenvalue weighted by molar-refractivity contribution is -0.892. The van der Waals surface area contributed by atoms with Crippen LogP contribution in [0.1, 0.15) is 38.5 Å². The molecule has 1 aromatic carbocycles. The van der Waals surface area contributed by atoms with Gasteiger partial charge in [0.15, 0.2) is 6.54 Å². The van der Waals surface area contributed by atoms with E-state index < -0.39 is 0 Å². The van der Waals surface area contributed by atoms with Gasteiger partial charge in [-0.2, -0.15) is 0 Å². The predicted molar refractivity (Wildman–Crippen MR) is 107 cm³/mol. The van der Waals surface area contributed by atoms with E-state index in [1.807, 2.05) is 12.1 Å². The number of rotatable bonds is 4. The highest BCUT2D eigenvalue weighted by molar-refractivity contribution is 5.77. The van der Waals surface area contributed by atoms with Crippen LogP contribution in [0.5, 0.6) is 5.75 Å². The third-order valence-corrected chi connectivity index (χ3v) is 6.87. The molecule has 0 aromatic heterocycles. The van der Waals surface area contributed by atoms with E-state index in [9.17, 15) is 4.79 Å². The van der Waals surface area contributed by atoms with Crippen LogP contribution in [0.4, 0.5) is 5.69 Å². The molecule has 1 aliphatic carbocycles. The fourth-order valence-electron chi connectivity index (χ4n) is 5.30. The number of benzene rings is 1. The number of piperazine rings is 1. The highest BCUT2D eigenvalue weighted by Gasteiger charge is 2.37. The summed E-state index contributed by atoms with van der Waals surface area (Å²) in [5.41, 5.74) is 1.25. The Morgan fingerprint density at radius 1 is 1.04 bits per heavy atom. The molecule has 0 bridgehead atoms. The number of fused-ring (bicyclic) bond motifs is 1. The molecule has 2 atom stereocenters. The molecule has 148 valence electrons. The number of amides is 1. The van der Waals surface area contributed by atoms with Crippen LogP contribution in [-0.4, -0.2) is 63.2 Å². The number of hydrogen-bond acceptors (Lipinski definition) is 3. The van der Waals surface area contributed by atoms with Crippen molar-refractivity contribution in [3.8, 4) is 5.75 Å².